The maximum Gasteiger partial charge on any atom is 0.586 e. The first-order chi connectivity index (χ1) is 18.0. The van der Waals surface area contributed by atoms with Crippen LogP contribution < -0.4 is 14.8 Å². The lowest BCUT2D eigenvalue weighted by atomic mass is 9.90. The van der Waals surface area contributed by atoms with E-state index >= 15 is 4.39 Å². The number of ether oxygens (including phenoxy) is 4. The minimum atomic E-state index is -3.75. The molecular weight excluding hydrogens is 505 g/mol. The van der Waals surface area contributed by atoms with Gasteiger partial charge in [-0.2, -0.15) is 0 Å². The Bertz CT molecular complexity index is 1430. The zero-order chi connectivity index (χ0) is 26.9. The number of halogens is 3. The lowest BCUT2D eigenvalue weighted by molar-refractivity contribution is -0.286. The second-order valence-electron chi connectivity index (χ2n) is 10.7. The summed E-state index contributed by atoms with van der Waals surface area (Å²) in [5.74, 6) is -1.31. The summed E-state index contributed by atoms with van der Waals surface area (Å²) < 4.78 is 64.1. The number of hydrogen-bond donors (Lipinski definition) is 2. The molecule has 3 heterocycles. The van der Waals surface area contributed by atoms with Gasteiger partial charge in [0.15, 0.2) is 11.5 Å². The van der Waals surface area contributed by atoms with E-state index in [0.717, 1.165) is 5.69 Å². The van der Waals surface area contributed by atoms with Gasteiger partial charge in [0.25, 0.3) is 0 Å². The van der Waals surface area contributed by atoms with Crippen LogP contribution >= 0.6 is 0 Å². The molecule has 2 aromatic carbocycles. The fourth-order valence-electron chi connectivity index (χ4n) is 5.16. The van der Waals surface area contributed by atoms with Crippen molar-refractivity contribution in [3.05, 3.63) is 53.5 Å². The third-order valence-electron chi connectivity index (χ3n) is 7.54. The Morgan fingerprint density at radius 2 is 1.92 bits per heavy atom. The van der Waals surface area contributed by atoms with E-state index in [-0.39, 0.29) is 36.7 Å². The summed E-state index contributed by atoms with van der Waals surface area (Å²) >= 11 is 0. The van der Waals surface area contributed by atoms with Crippen molar-refractivity contribution in [1.82, 2.24) is 4.57 Å². The Labute approximate surface area is 216 Å². The lowest BCUT2D eigenvalue weighted by Crippen LogP contribution is -2.29. The zero-order valence-electron chi connectivity index (χ0n) is 20.9. The highest BCUT2D eigenvalue weighted by Gasteiger charge is 2.53. The number of rotatable bonds is 7. The number of aliphatic hydroxyl groups is 1. The van der Waals surface area contributed by atoms with E-state index in [1.165, 1.54) is 18.2 Å². The van der Waals surface area contributed by atoms with Gasteiger partial charge in [0.2, 0.25) is 5.91 Å². The molecule has 0 bridgehead atoms. The third kappa shape index (κ3) is 4.18. The number of fused-ring (bicyclic) bond motifs is 2. The first-order valence-electron chi connectivity index (χ1n) is 12.4. The van der Waals surface area contributed by atoms with Gasteiger partial charge in [0, 0.05) is 22.6 Å². The summed E-state index contributed by atoms with van der Waals surface area (Å²) in [6.45, 7) is 4.68. The molecule has 6 rings (SSSR count). The van der Waals surface area contributed by atoms with Gasteiger partial charge in [-0.3, -0.25) is 4.79 Å². The first-order valence-corrected chi connectivity index (χ1v) is 12.4. The van der Waals surface area contributed by atoms with Crippen molar-refractivity contribution in [1.29, 1.82) is 0 Å². The maximum absolute atomic E-state index is 15.4. The molecule has 3 aliphatic rings. The maximum atomic E-state index is 15.4. The van der Waals surface area contributed by atoms with E-state index in [9.17, 15) is 18.7 Å². The molecule has 0 radical (unpaired) electrons. The van der Waals surface area contributed by atoms with Gasteiger partial charge in [0.1, 0.15) is 18.7 Å². The van der Waals surface area contributed by atoms with Crippen LogP contribution in [0.2, 0.25) is 0 Å². The molecule has 3 aromatic rings. The number of nitrogens with one attached hydrogen (secondary N) is 1. The predicted molar refractivity (Wildman–Crippen MR) is 130 cm³/mol. The number of aliphatic hydroxyl groups excluding tert-OH is 1. The SMILES string of the molecule is CC(C)(CO)c1cc2cc(NC(=O)C3(c4ccc5c(c4)OC(F)(F)O5)CC3)c(F)cc2n1C[C@@H]1COCO1. The van der Waals surface area contributed by atoms with Crippen LogP contribution in [0.25, 0.3) is 10.9 Å². The highest BCUT2D eigenvalue weighted by atomic mass is 19.3. The van der Waals surface area contributed by atoms with Gasteiger partial charge >= 0.3 is 6.29 Å². The lowest BCUT2D eigenvalue weighted by Gasteiger charge is -2.25. The van der Waals surface area contributed by atoms with Gasteiger partial charge in [-0.1, -0.05) is 19.9 Å². The number of aromatic nitrogens is 1. The summed E-state index contributed by atoms with van der Waals surface area (Å²) in [5.41, 5.74) is 0.301. The number of benzene rings is 2. The molecule has 1 aromatic heterocycles. The third-order valence-corrected chi connectivity index (χ3v) is 7.54. The highest BCUT2D eigenvalue weighted by Crippen LogP contribution is 2.52. The molecule has 1 aliphatic carbocycles. The second kappa shape index (κ2) is 8.62. The second-order valence-corrected chi connectivity index (χ2v) is 10.7. The summed E-state index contributed by atoms with van der Waals surface area (Å²) in [7, 11) is 0. The molecule has 1 atom stereocenters. The Morgan fingerprint density at radius 1 is 1.16 bits per heavy atom. The fraction of sp³-hybridized carbons (Fsp3) is 0.444. The Morgan fingerprint density at radius 3 is 2.61 bits per heavy atom. The van der Waals surface area contributed by atoms with Crippen molar-refractivity contribution in [3.8, 4) is 11.5 Å². The Hall–Kier alpha value is -3.28. The highest BCUT2D eigenvalue weighted by molar-refractivity contribution is 6.02. The van der Waals surface area contributed by atoms with E-state index in [1.807, 2.05) is 24.5 Å². The molecule has 38 heavy (non-hydrogen) atoms. The number of amides is 1. The van der Waals surface area contributed by atoms with Crippen LogP contribution in [0, 0.1) is 5.82 Å². The number of alkyl halides is 2. The monoisotopic (exact) mass is 532 g/mol. The van der Waals surface area contributed by atoms with Crippen molar-refractivity contribution in [2.45, 2.75) is 56.5 Å². The summed E-state index contributed by atoms with van der Waals surface area (Å²) in [4.78, 5) is 13.4. The van der Waals surface area contributed by atoms with E-state index in [1.54, 1.807) is 12.1 Å². The predicted octanol–water partition coefficient (Wildman–Crippen LogP) is 4.42. The van der Waals surface area contributed by atoms with Crippen LogP contribution in [0.3, 0.4) is 0 Å². The van der Waals surface area contributed by atoms with Gasteiger partial charge in [-0.25, -0.2) is 4.39 Å². The fourth-order valence-corrected chi connectivity index (χ4v) is 5.16. The normalized spacial score (nSPS) is 21.2. The van der Waals surface area contributed by atoms with Crippen LogP contribution in [0.5, 0.6) is 11.5 Å². The van der Waals surface area contributed by atoms with Crippen LogP contribution in [-0.4, -0.2) is 48.0 Å². The molecule has 8 nitrogen and oxygen atoms in total. The van der Waals surface area contributed by atoms with Crippen molar-refractivity contribution < 1.29 is 42.0 Å². The van der Waals surface area contributed by atoms with Crippen LogP contribution in [-0.2, 0) is 31.6 Å². The average molecular weight is 533 g/mol. The quantitative estimate of drug-likeness (QED) is 0.469. The topological polar surface area (TPSA) is 91.2 Å². The van der Waals surface area contributed by atoms with E-state index in [4.69, 9.17) is 9.47 Å². The Balaban J connectivity index is 1.31. The van der Waals surface area contributed by atoms with Crippen molar-refractivity contribution >= 4 is 22.5 Å². The van der Waals surface area contributed by atoms with Crippen LogP contribution in [0.4, 0.5) is 18.9 Å². The van der Waals surface area contributed by atoms with Crippen LogP contribution in [0.15, 0.2) is 36.4 Å². The molecule has 1 saturated heterocycles. The van der Waals surface area contributed by atoms with E-state index in [2.05, 4.69) is 14.8 Å². The van der Waals surface area contributed by atoms with Crippen LogP contribution in [0.1, 0.15) is 37.9 Å². The number of carbonyl (C=O) groups excluding carboxylic acids is 1. The molecule has 2 N–H and O–H groups in total. The molecule has 0 spiro atoms. The van der Waals surface area contributed by atoms with E-state index in [0.29, 0.717) is 42.5 Å². The molecule has 1 saturated carbocycles. The molecule has 1 amide bonds. The smallest absolute Gasteiger partial charge is 0.395 e. The van der Waals surface area contributed by atoms with Crippen molar-refractivity contribution in [2.75, 3.05) is 25.3 Å². The summed E-state index contributed by atoms with van der Waals surface area (Å²) in [5, 5.41) is 13.4. The molecule has 2 fully saturated rings. The average Bonchev–Trinajstić information content (AvgIpc) is 3.20. The van der Waals surface area contributed by atoms with Gasteiger partial charge in [-0.15, -0.1) is 8.78 Å². The van der Waals surface area contributed by atoms with Gasteiger partial charge < -0.3 is 33.9 Å². The molecular formula is C27H27F3N2O6. The van der Waals surface area contributed by atoms with Gasteiger partial charge in [-0.05, 0) is 42.7 Å². The number of nitrogens with zero attached hydrogens (tertiary/aromatic N) is 1. The largest absolute Gasteiger partial charge is 0.586 e. The van der Waals surface area contributed by atoms with Crippen molar-refractivity contribution in [3.63, 3.8) is 0 Å². The standard InChI is InChI=1S/C27H27F3N2O6/c1-25(2,13-33)23-8-15-7-19(18(28)10-20(15)32(23)11-17-12-35-14-36-17)31-24(34)26(5-6-26)16-3-4-21-22(9-16)38-27(29,30)37-21/h3-4,7-10,17,33H,5-6,11-14H2,1-2H3,(H,31,34)/t17-/m1/s1. The molecule has 2 aliphatic heterocycles. The molecule has 11 heteroatoms. The molecule has 202 valence electrons. The summed E-state index contributed by atoms with van der Waals surface area (Å²) in [6, 6.07) is 9.08. The zero-order valence-corrected chi connectivity index (χ0v) is 20.9. The van der Waals surface area contributed by atoms with Gasteiger partial charge in [0.05, 0.1) is 36.4 Å². The number of carbonyl (C=O) groups is 1. The Kier molecular flexibility index (Phi) is 5.68. The van der Waals surface area contributed by atoms with Crippen molar-refractivity contribution in [2.24, 2.45) is 0 Å². The summed E-state index contributed by atoms with van der Waals surface area (Å²) in [6.07, 6.45) is -3.01. The van der Waals surface area contributed by atoms with E-state index < -0.39 is 28.8 Å². The number of anilines is 1. The minimum Gasteiger partial charge on any atom is -0.395 e. The first kappa shape index (κ1) is 25.0. The minimum absolute atomic E-state index is 0.00649. The molecule has 0 unspecified atom stereocenters. The number of hydrogen-bond acceptors (Lipinski definition) is 6.